The number of halogens is 1. The quantitative estimate of drug-likeness (QED) is 0.439. The Morgan fingerprint density at radius 1 is 0.879 bits per heavy atom. The fraction of sp³-hybridized carbons (Fsp3) is 0.192. The van der Waals surface area contributed by atoms with E-state index >= 15 is 0 Å². The Kier molecular flexibility index (Phi) is 6.09. The molecule has 1 aliphatic heterocycles. The number of nitrogens with zero attached hydrogens (tertiary/aromatic N) is 5. The highest BCUT2D eigenvalue weighted by atomic mass is 35.5. The lowest BCUT2D eigenvalue weighted by Gasteiger charge is -2.35. The summed E-state index contributed by atoms with van der Waals surface area (Å²) in [6.45, 7) is 3.27. The van der Waals surface area contributed by atoms with E-state index in [1.54, 1.807) is 10.9 Å². The third kappa shape index (κ3) is 4.61. The first kappa shape index (κ1) is 21.2. The maximum atomic E-state index is 13.6. The third-order valence-corrected chi connectivity index (χ3v) is 6.24. The summed E-state index contributed by atoms with van der Waals surface area (Å²) in [6.07, 6.45) is 3.64. The van der Waals surface area contributed by atoms with Crippen LogP contribution in [0.2, 0.25) is 5.02 Å². The summed E-state index contributed by atoms with van der Waals surface area (Å²) in [5.41, 5.74) is 3.19. The lowest BCUT2D eigenvalue weighted by atomic mass is 10.1. The standard InChI is InChI=1S/C26H24ClN5O/c27-23-11-5-4-10-21(23)18-32-19-22(25(29-32)20-8-2-1-3-9-20)26(33)31-16-14-30(15-17-31)24-12-6-7-13-28-24/h1-13,19H,14-18H2. The largest absolute Gasteiger partial charge is 0.353 e. The van der Waals surface area contributed by atoms with Gasteiger partial charge in [-0.2, -0.15) is 5.10 Å². The highest BCUT2D eigenvalue weighted by molar-refractivity contribution is 6.31. The van der Waals surface area contributed by atoms with E-state index in [-0.39, 0.29) is 5.91 Å². The predicted octanol–water partition coefficient (Wildman–Crippen LogP) is 4.61. The van der Waals surface area contributed by atoms with E-state index in [9.17, 15) is 4.79 Å². The molecule has 33 heavy (non-hydrogen) atoms. The first-order chi connectivity index (χ1) is 16.2. The summed E-state index contributed by atoms with van der Waals surface area (Å²) < 4.78 is 1.81. The molecule has 6 nitrogen and oxygen atoms in total. The SMILES string of the molecule is O=C(c1cn(Cc2ccccc2Cl)nc1-c1ccccc1)N1CCN(c2ccccn2)CC1. The van der Waals surface area contributed by atoms with Gasteiger partial charge in [0.15, 0.2) is 0 Å². The van der Waals surface area contributed by atoms with Crippen LogP contribution in [-0.4, -0.2) is 51.8 Å². The van der Waals surface area contributed by atoms with Gasteiger partial charge in [-0.15, -0.1) is 0 Å². The van der Waals surface area contributed by atoms with Crippen molar-refractivity contribution in [1.29, 1.82) is 0 Å². The second-order valence-corrected chi connectivity index (χ2v) is 8.42. The van der Waals surface area contributed by atoms with Gasteiger partial charge >= 0.3 is 0 Å². The average Bonchev–Trinajstić information content (AvgIpc) is 3.30. The van der Waals surface area contributed by atoms with Crippen LogP contribution in [0.15, 0.2) is 85.2 Å². The molecule has 2 aromatic carbocycles. The first-order valence-corrected chi connectivity index (χ1v) is 11.4. The van der Waals surface area contributed by atoms with Crippen molar-refractivity contribution in [3.05, 3.63) is 101 Å². The van der Waals surface area contributed by atoms with Crippen LogP contribution >= 0.6 is 11.6 Å². The molecule has 0 aliphatic carbocycles. The predicted molar refractivity (Wildman–Crippen MR) is 131 cm³/mol. The van der Waals surface area contributed by atoms with E-state index in [2.05, 4.69) is 9.88 Å². The zero-order chi connectivity index (χ0) is 22.6. The van der Waals surface area contributed by atoms with Gasteiger partial charge in [-0.1, -0.05) is 66.2 Å². The minimum Gasteiger partial charge on any atom is -0.353 e. The van der Waals surface area contributed by atoms with Crippen LogP contribution in [0.25, 0.3) is 11.3 Å². The lowest BCUT2D eigenvalue weighted by molar-refractivity contribution is 0.0747. The van der Waals surface area contributed by atoms with Crippen molar-refractivity contribution < 1.29 is 4.79 Å². The maximum absolute atomic E-state index is 13.6. The van der Waals surface area contributed by atoms with Crippen LogP contribution in [-0.2, 0) is 6.54 Å². The molecule has 0 atom stereocenters. The summed E-state index contributed by atoms with van der Waals surface area (Å²) >= 11 is 6.36. The van der Waals surface area contributed by atoms with Crippen LogP contribution in [0.3, 0.4) is 0 Å². The van der Waals surface area contributed by atoms with E-state index in [0.717, 1.165) is 30.0 Å². The molecule has 1 fully saturated rings. The Labute approximate surface area is 198 Å². The number of hydrogen-bond donors (Lipinski definition) is 0. The molecule has 2 aromatic heterocycles. The summed E-state index contributed by atoms with van der Waals surface area (Å²) in [5.74, 6) is 0.946. The number of aromatic nitrogens is 3. The van der Waals surface area contributed by atoms with Gasteiger partial charge in [0.2, 0.25) is 0 Å². The Balaban J connectivity index is 1.40. The highest BCUT2D eigenvalue weighted by Gasteiger charge is 2.27. The molecule has 1 saturated heterocycles. The van der Waals surface area contributed by atoms with Gasteiger partial charge in [0.05, 0.1) is 12.1 Å². The van der Waals surface area contributed by atoms with E-state index in [4.69, 9.17) is 16.7 Å². The zero-order valence-electron chi connectivity index (χ0n) is 18.1. The second-order valence-electron chi connectivity index (χ2n) is 8.01. The molecule has 1 aliphatic rings. The Morgan fingerprint density at radius 2 is 1.61 bits per heavy atom. The number of piperazine rings is 1. The molecule has 1 amide bonds. The number of rotatable bonds is 5. The van der Waals surface area contributed by atoms with Crippen molar-refractivity contribution in [2.24, 2.45) is 0 Å². The normalized spacial score (nSPS) is 13.8. The van der Waals surface area contributed by atoms with Gasteiger partial charge in [-0.25, -0.2) is 4.98 Å². The van der Waals surface area contributed by atoms with E-state index in [1.165, 1.54) is 0 Å². The third-order valence-electron chi connectivity index (χ3n) is 5.87. The molecule has 0 radical (unpaired) electrons. The van der Waals surface area contributed by atoms with Crippen LogP contribution in [0.4, 0.5) is 5.82 Å². The smallest absolute Gasteiger partial charge is 0.257 e. The molecule has 0 unspecified atom stereocenters. The summed E-state index contributed by atoms with van der Waals surface area (Å²) in [6, 6.07) is 23.5. The Hall–Kier alpha value is -3.64. The summed E-state index contributed by atoms with van der Waals surface area (Å²) in [5, 5.41) is 5.47. The van der Waals surface area contributed by atoms with E-state index in [0.29, 0.717) is 35.9 Å². The molecule has 5 rings (SSSR count). The molecule has 166 valence electrons. The zero-order valence-corrected chi connectivity index (χ0v) is 18.9. The number of pyridine rings is 1. The van der Waals surface area contributed by atoms with Gasteiger partial charge in [-0.3, -0.25) is 9.48 Å². The highest BCUT2D eigenvalue weighted by Crippen LogP contribution is 2.25. The average molecular weight is 458 g/mol. The minimum absolute atomic E-state index is 0.0000625. The topological polar surface area (TPSA) is 54.3 Å². The molecule has 0 N–H and O–H groups in total. The van der Waals surface area contributed by atoms with Crippen molar-refractivity contribution in [1.82, 2.24) is 19.7 Å². The molecule has 3 heterocycles. The van der Waals surface area contributed by atoms with Crippen molar-refractivity contribution in [2.45, 2.75) is 6.54 Å². The number of benzene rings is 2. The molecular weight excluding hydrogens is 434 g/mol. The van der Waals surface area contributed by atoms with Gasteiger partial charge in [0.1, 0.15) is 11.5 Å². The van der Waals surface area contributed by atoms with Crippen molar-refractivity contribution in [2.75, 3.05) is 31.1 Å². The van der Waals surface area contributed by atoms with Crippen molar-refractivity contribution >= 4 is 23.3 Å². The molecule has 0 spiro atoms. The molecule has 4 aromatic rings. The van der Waals surface area contributed by atoms with Gasteiger partial charge in [0.25, 0.3) is 5.91 Å². The molecule has 0 saturated carbocycles. The number of carbonyl (C=O) groups is 1. The first-order valence-electron chi connectivity index (χ1n) is 11.0. The lowest BCUT2D eigenvalue weighted by Crippen LogP contribution is -2.49. The van der Waals surface area contributed by atoms with E-state index in [1.807, 2.05) is 83.9 Å². The van der Waals surface area contributed by atoms with Crippen LogP contribution in [0.5, 0.6) is 0 Å². The Bertz CT molecular complexity index is 1230. The summed E-state index contributed by atoms with van der Waals surface area (Å²) in [7, 11) is 0. The fourth-order valence-corrected chi connectivity index (χ4v) is 4.31. The van der Waals surface area contributed by atoms with Gasteiger partial charge < -0.3 is 9.80 Å². The second kappa shape index (κ2) is 9.46. The van der Waals surface area contributed by atoms with Crippen LogP contribution < -0.4 is 4.90 Å². The van der Waals surface area contributed by atoms with Gasteiger partial charge in [-0.05, 0) is 23.8 Å². The van der Waals surface area contributed by atoms with Crippen LogP contribution in [0, 0.1) is 0 Å². The maximum Gasteiger partial charge on any atom is 0.257 e. The number of hydrogen-bond acceptors (Lipinski definition) is 4. The summed E-state index contributed by atoms with van der Waals surface area (Å²) in [4.78, 5) is 22.1. The van der Waals surface area contributed by atoms with Crippen molar-refractivity contribution in [3.8, 4) is 11.3 Å². The number of anilines is 1. The molecule has 7 heteroatoms. The fourth-order valence-electron chi connectivity index (χ4n) is 4.12. The Morgan fingerprint density at radius 3 is 2.33 bits per heavy atom. The number of amides is 1. The monoisotopic (exact) mass is 457 g/mol. The minimum atomic E-state index is -0.0000625. The molecule has 0 bridgehead atoms. The van der Waals surface area contributed by atoms with Crippen LogP contribution in [0.1, 0.15) is 15.9 Å². The van der Waals surface area contributed by atoms with Gasteiger partial charge in [0, 0.05) is 49.2 Å². The van der Waals surface area contributed by atoms with E-state index < -0.39 is 0 Å². The number of carbonyl (C=O) groups excluding carboxylic acids is 1. The molecular formula is C26H24ClN5O. The van der Waals surface area contributed by atoms with Crippen molar-refractivity contribution in [3.63, 3.8) is 0 Å².